The van der Waals surface area contributed by atoms with Crippen LogP contribution in [0.15, 0.2) is 76.6 Å². The van der Waals surface area contributed by atoms with E-state index in [0.29, 0.717) is 56.0 Å². The number of aromatic nitrogens is 2. The quantitative estimate of drug-likeness (QED) is 0.0571. The van der Waals surface area contributed by atoms with Gasteiger partial charge in [0.15, 0.2) is 15.8 Å². The smallest absolute Gasteiger partial charge is 0.301 e. The molecule has 1 unspecified atom stereocenters. The third-order valence-corrected chi connectivity index (χ3v) is 9.20. The third-order valence-electron chi connectivity index (χ3n) is 6.50. The number of hydrogen-bond donors (Lipinski definition) is 1. The number of nitrogens with zero attached hydrogens (tertiary/aromatic N) is 3. The summed E-state index contributed by atoms with van der Waals surface area (Å²) in [6.07, 6.45) is 0.812. The number of aliphatic hydroxyl groups is 1. The van der Waals surface area contributed by atoms with Crippen molar-refractivity contribution >= 4 is 68.9 Å². The maximum absolute atomic E-state index is 13.6. The summed E-state index contributed by atoms with van der Waals surface area (Å²) >= 11 is 14.9. The number of hydrogen-bond acceptors (Lipinski definition) is 9. The zero-order valence-corrected chi connectivity index (χ0v) is 26.4. The molecule has 1 aliphatic heterocycles. The molecular formula is C31H27Cl2N3O5S2. The molecule has 1 atom stereocenters. The van der Waals surface area contributed by atoms with Crippen LogP contribution in [0.1, 0.15) is 43.0 Å². The van der Waals surface area contributed by atoms with Gasteiger partial charge in [0.25, 0.3) is 5.78 Å². The largest absolute Gasteiger partial charge is 0.507 e. The van der Waals surface area contributed by atoms with E-state index in [1.54, 1.807) is 60.7 Å². The SMILES string of the molecule is CCCOc1ccc(C2/C(=C(\O)c3ccccc3)C(=O)C(=O)N2c2nnc(SCc3ccc(Cl)cc3Cl)s2)cc1OCC. The average molecular weight is 657 g/mol. The predicted octanol–water partition coefficient (Wildman–Crippen LogP) is 7.95. The van der Waals surface area contributed by atoms with Crippen LogP contribution in [-0.2, 0) is 15.3 Å². The Morgan fingerprint density at radius 3 is 2.51 bits per heavy atom. The Kier molecular flexibility index (Phi) is 9.92. The number of ketones is 1. The Morgan fingerprint density at radius 1 is 1.00 bits per heavy atom. The molecule has 1 fully saturated rings. The molecular weight excluding hydrogens is 629 g/mol. The number of carbonyl (C=O) groups excluding carboxylic acids is 2. The third kappa shape index (κ3) is 6.67. The maximum atomic E-state index is 13.6. The molecule has 222 valence electrons. The number of rotatable bonds is 11. The first-order chi connectivity index (χ1) is 20.8. The highest BCUT2D eigenvalue weighted by Crippen LogP contribution is 2.45. The Bertz CT molecular complexity index is 1680. The molecule has 1 aromatic heterocycles. The number of anilines is 1. The minimum atomic E-state index is -0.990. The summed E-state index contributed by atoms with van der Waals surface area (Å²) in [5, 5.41) is 21.2. The molecule has 5 rings (SSSR count). The molecule has 43 heavy (non-hydrogen) atoms. The van der Waals surface area contributed by atoms with Crippen molar-refractivity contribution in [2.75, 3.05) is 18.1 Å². The van der Waals surface area contributed by atoms with Crippen LogP contribution in [0.4, 0.5) is 5.13 Å². The summed E-state index contributed by atoms with van der Waals surface area (Å²) in [4.78, 5) is 28.4. The van der Waals surface area contributed by atoms with Gasteiger partial charge in [-0.15, -0.1) is 10.2 Å². The summed E-state index contributed by atoms with van der Waals surface area (Å²) in [7, 11) is 0. The fourth-order valence-corrected chi connectivity index (χ4v) is 6.95. The lowest BCUT2D eigenvalue weighted by atomic mass is 9.95. The predicted molar refractivity (Wildman–Crippen MR) is 171 cm³/mol. The van der Waals surface area contributed by atoms with Crippen LogP contribution < -0.4 is 14.4 Å². The van der Waals surface area contributed by atoms with Gasteiger partial charge in [0.1, 0.15) is 5.76 Å². The first-order valence-electron chi connectivity index (χ1n) is 13.5. The van der Waals surface area contributed by atoms with Crippen molar-refractivity contribution in [3.8, 4) is 11.5 Å². The van der Waals surface area contributed by atoms with Crippen LogP contribution in [0.3, 0.4) is 0 Å². The molecule has 0 saturated carbocycles. The summed E-state index contributed by atoms with van der Waals surface area (Å²) in [5.74, 6) is -0.423. The van der Waals surface area contributed by atoms with Crippen LogP contribution in [0.5, 0.6) is 11.5 Å². The van der Waals surface area contributed by atoms with Crippen molar-refractivity contribution in [2.24, 2.45) is 0 Å². The second kappa shape index (κ2) is 13.8. The van der Waals surface area contributed by atoms with E-state index in [1.165, 1.54) is 28.0 Å². The van der Waals surface area contributed by atoms with E-state index in [0.717, 1.165) is 12.0 Å². The van der Waals surface area contributed by atoms with Crippen LogP contribution in [0.2, 0.25) is 10.0 Å². The zero-order valence-electron chi connectivity index (χ0n) is 23.3. The minimum Gasteiger partial charge on any atom is -0.507 e. The number of ether oxygens (including phenoxy) is 2. The van der Waals surface area contributed by atoms with Crippen LogP contribution in [-0.4, -0.2) is 40.2 Å². The number of benzene rings is 3. The molecule has 2 heterocycles. The lowest BCUT2D eigenvalue weighted by molar-refractivity contribution is -0.132. The molecule has 0 aliphatic carbocycles. The Hall–Kier alpha value is -3.57. The van der Waals surface area contributed by atoms with Crippen molar-refractivity contribution in [2.45, 2.75) is 36.4 Å². The van der Waals surface area contributed by atoms with Crippen LogP contribution in [0, 0.1) is 0 Å². The number of thioether (sulfide) groups is 1. The lowest BCUT2D eigenvalue weighted by Crippen LogP contribution is -2.29. The molecule has 1 aliphatic rings. The molecule has 8 nitrogen and oxygen atoms in total. The maximum Gasteiger partial charge on any atom is 0.301 e. The van der Waals surface area contributed by atoms with Gasteiger partial charge in [-0.25, -0.2) is 0 Å². The van der Waals surface area contributed by atoms with Crippen molar-refractivity contribution in [3.05, 3.63) is 99.0 Å². The molecule has 12 heteroatoms. The lowest BCUT2D eigenvalue weighted by Gasteiger charge is -2.23. The molecule has 1 amide bonds. The number of Topliss-reactive ketones (excluding diaryl/α,β-unsaturated/α-hetero) is 1. The van der Waals surface area contributed by atoms with Gasteiger partial charge in [-0.1, -0.05) is 95.7 Å². The van der Waals surface area contributed by atoms with Gasteiger partial charge in [-0.05, 0) is 48.7 Å². The summed E-state index contributed by atoms with van der Waals surface area (Å²) < 4.78 is 12.3. The highest BCUT2D eigenvalue weighted by Gasteiger charge is 2.48. The van der Waals surface area contributed by atoms with E-state index in [1.807, 2.05) is 19.9 Å². The highest BCUT2D eigenvalue weighted by molar-refractivity contribution is 8.00. The van der Waals surface area contributed by atoms with E-state index in [4.69, 9.17) is 32.7 Å². The standard InChI is InChI=1S/C31H27Cl2N3O5S2/c1-3-14-41-23-13-11-19(15-24(23)40-4-2)26-25(27(37)18-8-6-5-7-9-18)28(38)29(39)36(26)30-34-35-31(43-30)42-17-20-10-12-21(32)16-22(20)33/h5-13,15-16,26,37H,3-4,14,17H2,1-2H3/b27-25+. The topological polar surface area (TPSA) is 102 Å². The average Bonchev–Trinajstić information content (AvgIpc) is 3.58. The zero-order chi connectivity index (χ0) is 30.5. The molecule has 1 saturated heterocycles. The van der Waals surface area contributed by atoms with E-state index in [9.17, 15) is 14.7 Å². The van der Waals surface area contributed by atoms with Crippen LogP contribution >= 0.6 is 46.3 Å². The minimum absolute atomic E-state index is 0.0572. The van der Waals surface area contributed by atoms with E-state index in [-0.39, 0.29) is 16.5 Å². The van der Waals surface area contributed by atoms with Crippen LogP contribution in [0.25, 0.3) is 5.76 Å². The van der Waals surface area contributed by atoms with Crippen molar-refractivity contribution in [1.29, 1.82) is 0 Å². The van der Waals surface area contributed by atoms with E-state index in [2.05, 4.69) is 10.2 Å². The first-order valence-corrected chi connectivity index (χ1v) is 16.0. The van der Waals surface area contributed by atoms with Gasteiger partial charge in [0.2, 0.25) is 5.13 Å². The molecule has 3 aromatic carbocycles. The molecule has 1 N–H and O–H groups in total. The van der Waals surface area contributed by atoms with Gasteiger partial charge >= 0.3 is 5.91 Å². The number of halogens is 2. The number of amides is 1. The fraction of sp³-hybridized carbons (Fsp3) is 0.226. The second-order valence-electron chi connectivity index (χ2n) is 9.40. The molecule has 0 spiro atoms. The van der Waals surface area contributed by atoms with Crippen molar-refractivity contribution in [1.82, 2.24) is 10.2 Å². The van der Waals surface area contributed by atoms with Gasteiger partial charge < -0.3 is 14.6 Å². The number of carbonyl (C=O) groups is 2. The van der Waals surface area contributed by atoms with E-state index < -0.39 is 17.7 Å². The first kappa shape index (κ1) is 30.9. The summed E-state index contributed by atoms with van der Waals surface area (Å²) in [6, 6.07) is 18.2. The number of aliphatic hydroxyl groups excluding tert-OH is 1. The fourth-order valence-electron chi connectivity index (χ4n) is 4.53. The molecule has 0 radical (unpaired) electrons. The molecule has 4 aromatic rings. The highest BCUT2D eigenvalue weighted by atomic mass is 35.5. The molecule has 0 bridgehead atoms. The van der Waals surface area contributed by atoms with Crippen molar-refractivity contribution < 1.29 is 24.2 Å². The van der Waals surface area contributed by atoms with Gasteiger partial charge in [0.05, 0.1) is 24.8 Å². The Morgan fingerprint density at radius 2 is 1.79 bits per heavy atom. The van der Waals surface area contributed by atoms with Gasteiger partial charge in [-0.2, -0.15) is 0 Å². The van der Waals surface area contributed by atoms with Gasteiger partial charge in [0, 0.05) is 21.4 Å². The Labute approximate surface area is 267 Å². The van der Waals surface area contributed by atoms with Crippen molar-refractivity contribution in [3.63, 3.8) is 0 Å². The van der Waals surface area contributed by atoms with E-state index >= 15 is 0 Å². The normalized spacial score (nSPS) is 16.1. The Balaban J connectivity index is 1.56. The van der Waals surface area contributed by atoms with Gasteiger partial charge in [-0.3, -0.25) is 14.5 Å². The summed E-state index contributed by atoms with van der Waals surface area (Å²) in [5.41, 5.74) is 1.76. The second-order valence-corrected chi connectivity index (χ2v) is 12.4. The summed E-state index contributed by atoms with van der Waals surface area (Å²) in [6.45, 7) is 4.74. The monoisotopic (exact) mass is 655 g/mol.